The summed E-state index contributed by atoms with van der Waals surface area (Å²) in [5.41, 5.74) is 4.72. The van der Waals surface area contributed by atoms with E-state index < -0.39 is 5.82 Å². The second kappa shape index (κ2) is 10.1. The monoisotopic (exact) mass is 490 g/mol. The fourth-order valence-electron chi connectivity index (χ4n) is 4.86. The highest BCUT2D eigenvalue weighted by Crippen LogP contribution is 2.31. The van der Waals surface area contributed by atoms with Crippen LogP contribution in [0.5, 0.6) is 0 Å². The molecule has 0 atom stereocenters. The van der Waals surface area contributed by atoms with Crippen molar-refractivity contribution in [3.8, 4) is 0 Å². The van der Waals surface area contributed by atoms with Gasteiger partial charge in [-0.15, -0.1) is 0 Å². The number of pyridine rings is 1. The number of aromatic nitrogens is 2. The Bertz CT molecular complexity index is 1330. The van der Waals surface area contributed by atoms with Crippen LogP contribution in [0.25, 0.3) is 5.65 Å². The molecule has 0 aliphatic carbocycles. The van der Waals surface area contributed by atoms with Crippen molar-refractivity contribution in [2.45, 2.75) is 38.6 Å². The molecule has 1 fully saturated rings. The van der Waals surface area contributed by atoms with Gasteiger partial charge in [0.1, 0.15) is 5.69 Å². The van der Waals surface area contributed by atoms with Crippen molar-refractivity contribution in [3.63, 3.8) is 0 Å². The smallest absolute Gasteiger partial charge is 0.270 e. The standard InChI is InChI=1S/C28H28ClFN4O/c1-2-25-26(34-15-3-4-24(30)27(34)32-25)28(35)31-18-19-5-11-23(12-6-19)33-16-13-21(14-17-33)20-7-9-22(29)10-8-20/h3-12,15,21H,2,13-14,16-18H2,1H3,(H,31,35). The number of hydrogen-bond donors (Lipinski definition) is 1. The summed E-state index contributed by atoms with van der Waals surface area (Å²) in [6, 6.07) is 19.5. The molecule has 2 aromatic carbocycles. The van der Waals surface area contributed by atoms with E-state index in [4.69, 9.17) is 11.6 Å². The zero-order chi connectivity index (χ0) is 24.4. The first-order chi connectivity index (χ1) is 17.0. The number of piperidine rings is 1. The molecule has 35 heavy (non-hydrogen) atoms. The average Bonchev–Trinajstić information content (AvgIpc) is 3.28. The molecule has 5 rings (SSSR count). The summed E-state index contributed by atoms with van der Waals surface area (Å²) in [5.74, 6) is -0.124. The van der Waals surface area contributed by atoms with Crippen LogP contribution in [0.15, 0.2) is 66.9 Å². The number of fused-ring (bicyclic) bond motifs is 1. The van der Waals surface area contributed by atoms with Gasteiger partial charge in [-0.1, -0.05) is 42.8 Å². The molecule has 0 spiro atoms. The summed E-state index contributed by atoms with van der Waals surface area (Å²) in [7, 11) is 0. The van der Waals surface area contributed by atoms with Crippen molar-refractivity contribution in [3.05, 3.63) is 100 Å². The lowest BCUT2D eigenvalue weighted by Crippen LogP contribution is -2.32. The van der Waals surface area contributed by atoms with Gasteiger partial charge in [0.15, 0.2) is 11.5 Å². The predicted molar refractivity (Wildman–Crippen MR) is 138 cm³/mol. The normalized spacial score (nSPS) is 14.4. The zero-order valence-corrected chi connectivity index (χ0v) is 20.4. The van der Waals surface area contributed by atoms with E-state index in [0.29, 0.717) is 30.3 Å². The summed E-state index contributed by atoms with van der Waals surface area (Å²) >= 11 is 6.03. The van der Waals surface area contributed by atoms with E-state index >= 15 is 0 Å². The van der Waals surface area contributed by atoms with E-state index in [1.165, 1.54) is 21.7 Å². The van der Waals surface area contributed by atoms with Gasteiger partial charge >= 0.3 is 0 Å². The minimum atomic E-state index is -0.436. The van der Waals surface area contributed by atoms with Gasteiger partial charge in [0.2, 0.25) is 0 Å². The van der Waals surface area contributed by atoms with Gasteiger partial charge in [0, 0.05) is 36.5 Å². The second-order valence-corrected chi connectivity index (χ2v) is 9.41. The first kappa shape index (κ1) is 23.4. The third-order valence-corrected chi connectivity index (χ3v) is 7.07. The number of carbonyl (C=O) groups excluding carboxylic acids is 1. The molecule has 5 nitrogen and oxygen atoms in total. The number of aryl methyl sites for hydroxylation is 1. The highest BCUT2D eigenvalue weighted by atomic mass is 35.5. The Morgan fingerprint density at radius 1 is 1.09 bits per heavy atom. The van der Waals surface area contributed by atoms with Gasteiger partial charge in [-0.2, -0.15) is 0 Å². The third-order valence-electron chi connectivity index (χ3n) is 6.82. The summed E-state index contributed by atoms with van der Waals surface area (Å²) in [4.78, 5) is 19.7. The number of nitrogens with one attached hydrogen (secondary N) is 1. The van der Waals surface area contributed by atoms with Crippen molar-refractivity contribution in [2.24, 2.45) is 0 Å². The molecule has 1 amide bonds. The molecule has 0 saturated carbocycles. The second-order valence-electron chi connectivity index (χ2n) is 8.97. The van der Waals surface area contributed by atoms with Crippen LogP contribution in [0.4, 0.5) is 10.1 Å². The van der Waals surface area contributed by atoms with E-state index in [9.17, 15) is 9.18 Å². The lowest BCUT2D eigenvalue weighted by atomic mass is 9.89. The van der Waals surface area contributed by atoms with Gasteiger partial charge < -0.3 is 10.2 Å². The van der Waals surface area contributed by atoms with Crippen molar-refractivity contribution >= 4 is 28.8 Å². The number of halogens is 2. The van der Waals surface area contributed by atoms with Crippen LogP contribution in [-0.4, -0.2) is 28.4 Å². The molecule has 4 aromatic rings. The van der Waals surface area contributed by atoms with E-state index in [1.54, 1.807) is 12.3 Å². The van der Waals surface area contributed by atoms with E-state index in [-0.39, 0.29) is 11.6 Å². The number of hydrogen-bond acceptors (Lipinski definition) is 3. The first-order valence-corrected chi connectivity index (χ1v) is 12.4. The molecule has 1 N–H and O–H groups in total. The van der Waals surface area contributed by atoms with Crippen molar-refractivity contribution in [1.29, 1.82) is 0 Å². The van der Waals surface area contributed by atoms with Gasteiger partial charge in [-0.05, 0) is 72.7 Å². The molecular weight excluding hydrogens is 463 g/mol. The van der Waals surface area contributed by atoms with Crippen molar-refractivity contribution in [2.75, 3.05) is 18.0 Å². The topological polar surface area (TPSA) is 49.6 Å². The molecule has 1 saturated heterocycles. The van der Waals surface area contributed by atoms with Gasteiger partial charge in [0.25, 0.3) is 5.91 Å². The third kappa shape index (κ3) is 4.89. The number of benzene rings is 2. The fourth-order valence-corrected chi connectivity index (χ4v) is 4.99. The van der Waals surface area contributed by atoms with Gasteiger partial charge in [0.05, 0.1) is 5.69 Å². The van der Waals surface area contributed by atoms with Crippen molar-refractivity contribution in [1.82, 2.24) is 14.7 Å². The van der Waals surface area contributed by atoms with Crippen LogP contribution in [0.1, 0.15) is 53.0 Å². The van der Waals surface area contributed by atoms with Crippen molar-refractivity contribution < 1.29 is 9.18 Å². The van der Waals surface area contributed by atoms with E-state index in [0.717, 1.165) is 36.5 Å². The van der Waals surface area contributed by atoms with Crippen LogP contribution in [-0.2, 0) is 13.0 Å². The lowest BCUT2D eigenvalue weighted by Gasteiger charge is -2.34. The maximum Gasteiger partial charge on any atom is 0.270 e. The molecule has 3 heterocycles. The highest BCUT2D eigenvalue weighted by molar-refractivity contribution is 6.30. The van der Waals surface area contributed by atoms with Crippen LogP contribution in [0.3, 0.4) is 0 Å². The molecule has 0 radical (unpaired) electrons. The average molecular weight is 491 g/mol. The number of rotatable bonds is 6. The quantitative estimate of drug-likeness (QED) is 0.360. The zero-order valence-electron chi connectivity index (χ0n) is 19.7. The number of carbonyl (C=O) groups is 1. The lowest BCUT2D eigenvalue weighted by molar-refractivity contribution is 0.0944. The Morgan fingerprint density at radius 3 is 2.49 bits per heavy atom. The molecule has 0 unspecified atom stereocenters. The number of imidazole rings is 1. The largest absolute Gasteiger partial charge is 0.371 e. The molecule has 180 valence electrons. The summed E-state index contributed by atoms with van der Waals surface area (Å²) in [6.07, 6.45) is 4.44. The molecule has 2 aromatic heterocycles. The van der Waals surface area contributed by atoms with Crippen LogP contribution >= 0.6 is 11.6 Å². The predicted octanol–water partition coefficient (Wildman–Crippen LogP) is 6.00. The number of amides is 1. The molecular formula is C28H28ClFN4O. The van der Waals surface area contributed by atoms with Crippen LogP contribution < -0.4 is 10.2 Å². The molecule has 1 aliphatic heterocycles. The van der Waals surface area contributed by atoms with E-state index in [1.807, 2.05) is 19.1 Å². The minimum absolute atomic E-state index is 0.179. The Kier molecular flexibility index (Phi) is 6.73. The Morgan fingerprint density at radius 2 is 1.80 bits per heavy atom. The van der Waals surface area contributed by atoms with Gasteiger partial charge in [-0.3, -0.25) is 9.20 Å². The summed E-state index contributed by atoms with van der Waals surface area (Å²) < 4.78 is 15.6. The molecule has 1 aliphatic rings. The van der Waals surface area contributed by atoms with Gasteiger partial charge in [-0.25, -0.2) is 9.37 Å². The number of anilines is 1. The maximum atomic E-state index is 14.1. The van der Waals surface area contributed by atoms with E-state index in [2.05, 4.69) is 51.6 Å². The highest BCUT2D eigenvalue weighted by Gasteiger charge is 2.22. The van der Waals surface area contributed by atoms with Crippen LogP contribution in [0, 0.1) is 5.82 Å². The minimum Gasteiger partial charge on any atom is -0.371 e. The first-order valence-electron chi connectivity index (χ1n) is 12.1. The van der Waals surface area contributed by atoms with Crippen LogP contribution in [0.2, 0.25) is 5.02 Å². The maximum absolute atomic E-state index is 14.1. The molecule has 7 heteroatoms. The SMILES string of the molecule is CCc1nc2c(F)cccn2c1C(=O)NCc1ccc(N2CCC(c3ccc(Cl)cc3)CC2)cc1. The summed E-state index contributed by atoms with van der Waals surface area (Å²) in [6.45, 7) is 4.32. The number of nitrogens with zero attached hydrogens (tertiary/aromatic N) is 3. The fraction of sp³-hybridized carbons (Fsp3) is 0.286. The Labute approximate surface area is 209 Å². The Hall–Kier alpha value is -3.38. The summed E-state index contributed by atoms with van der Waals surface area (Å²) in [5, 5.41) is 3.75. The Balaban J connectivity index is 1.20. The molecule has 0 bridgehead atoms.